The summed E-state index contributed by atoms with van der Waals surface area (Å²) in [6.45, 7) is 0. The summed E-state index contributed by atoms with van der Waals surface area (Å²) in [7, 11) is 0. The Morgan fingerprint density at radius 3 is 2.15 bits per heavy atom. The Morgan fingerprint density at radius 1 is 1.00 bits per heavy atom. The number of aromatic nitrogens is 1. The van der Waals surface area contributed by atoms with Crippen LogP contribution >= 0.6 is 0 Å². The van der Waals surface area contributed by atoms with Gasteiger partial charge < -0.3 is 20.2 Å². The molecule has 1 aliphatic rings. The molecule has 2 aromatic rings. The molecule has 3 N–H and O–H groups in total. The molecule has 0 saturated heterocycles. The van der Waals surface area contributed by atoms with Gasteiger partial charge in [0.15, 0.2) is 11.5 Å². The van der Waals surface area contributed by atoms with E-state index in [0.717, 1.165) is 18.2 Å². The van der Waals surface area contributed by atoms with Crippen molar-refractivity contribution in [3.8, 4) is 34.8 Å². The number of nitrogens with two attached hydrogens (primary N) is 1. The minimum Gasteiger partial charge on any atom is -0.421 e. The highest BCUT2D eigenvalue weighted by atomic mass is 19.3. The summed E-state index contributed by atoms with van der Waals surface area (Å²) in [6, 6.07) is 6.09. The van der Waals surface area contributed by atoms with E-state index in [1.54, 1.807) is 12.1 Å². The van der Waals surface area contributed by atoms with E-state index in [4.69, 9.17) is 11.0 Å². The number of rotatable bonds is 1. The maximum atomic E-state index is 13.3. The minimum atomic E-state index is -4.94. The average molecular weight is 366 g/mol. The molecule has 0 amide bonds. The van der Waals surface area contributed by atoms with Crippen LogP contribution in [0.2, 0.25) is 0 Å². The lowest BCUT2D eigenvalue weighted by Crippen LogP contribution is -2.52. The second-order valence-corrected chi connectivity index (χ2v) is 5.12. The molecule has 0 radical (unpaired) electrons. The topological polar surface area (TPSA) is 125 Å². The van der Waals surface area contributed by atoms with Gasteiger partial charge in [-0.15, -0.1) is 0 Å². The smallest absolute Gasteiger partial charge is 0.421 e. The number of fused-ring (bicyclic) bond motifs is 1. The largest absolute Gasteiger partial charge is 0.507 e. The van der Waals surface area contributed by atoms with E-state index in [0.29, 0.717) is 0 Å². The Bertz CT molecular complexity index is 1070. The van der Waals surface area contributed by atoms with Crippen molar-refractivity contribution in [2.45, 2.75) is 12.2 Å². The lowest BCUT2D eigenvalue weighted by atomic mass is 9.96. The highest BCUT2D eigenvalue weighted by Gasteiger charge is 2.65. The Balaban J connectivity index is 2.26. The van der Waals surface area contributed by atoms with Crippen LogP contribution in [0.4, 0.5) is 23.4 Å². The highest BCUT2D eigenvalue weighted by molar-refractivity contribution is 5.81. The van der Waals surface area contributed by atoms with E-state index >= 15 is 0 Å². The van der Waals surface area contributed by atoms with Crippen molar-refractivity contribution in [1.29, 1.82) is 10.5 Å². The Hall–Kier alpha value is -3.73. The van der Waals surface area contributed by atoms with E-state index in [-0.39, 0.29) is 22.5 Å². The second kappa shape index (κ2) is 5.39. The molecule has 1 aliphatic heterocycles. The van der Waals surface area contributed by atoms with Crippen LogP contribution in [0.3, 0.4) is 0 Å². The molecule has 1 aromatic heterocycles. The van der Waals surface area contributed by atoms with Gasteiger partial charge in [0.2, 0.25) is 0 Å². The molecule has 3 rings (SSSR count). The van der Waals surface area contributed by atoms with Gasteiger partial charge >= 0.3 is 12.2 Å². The molecule has 2 heterocycles. The number of pyridine rings is 1. The van der Waals surface area contributed by atoms with Crippen molar-refractivity contribution < 1.29 is 27.0 Å². The van der Waals surface area contributed by atoms with Crippen LogP contribution in [-0.2, 0) is 0 Å². The first kappa shape index (κ1) is 17.1. The van der Waals surface area contributed by atoms with E-state index in [1.165, 1.54) is 0 Å². The van der Waals surface area contributed by atoms with Gasteiger partial charge in [0.25, 0.3) is 5.56 Å². The van der Waals surface area contributed by atoms with Gasteiger partial charge in [-0.3, -0.25) is 4.79 Å². The number of alkyl halides is 4. The number of H-pyrrole nitrogens is 1. The van der Waals surface area contributed by atoms with Crippen LogP contribution in [0.5, 0.6) is 11.5 Å². The molecule has 7 nitrogen and oxygen atoms in total. The number of hydrogen-bond donors (Lipinski definition) is 2. The molecule has 1 aromatic carbocycles. The lowest BCUT2D eigenvalue weighted by molar-refractivity contribution is -0.391. The number of nitrogens with one attached hydrogen (secondary N) is 1. The standard InChI is InChI=1S/C15H6F4N4O3/c16-14(17)15(18,19)26-10-3-6(1-2-9(10)25-14)11-7(4-20)12(22)23-13(24)8(11)5-21/h1-3H,(H3,22,23,24). The minimum absolute atomic E-state index is 0.0979. The van der Waals surface area contributed by atoms with Gasteiger partial charge in [0, 0.05) is 5.56 Å². The van der Waals surface area contributed by atoms with Crippen LogP contribution in [0, 0.1) is 22.7 Å². The van der Waals surface area contributed by atoms with Crippen LogP contribution in [0.1, 0.15) is 11.1 Å². The number of anilines is 1. The normalized spacial score (nSPS) is 16.4. The summed E-state index contributed by atoms with van der Waals surface area (Å²) in [6.07, 6.45) is -9.83. The highest BCUT2D eigenvalue weighted by Crippen LogP contribution is 2.48. The first-order valence-corrected chi connectivity index (χ1v) is 6.75. The van der Waals surface area contributed by atoms with Crippen molar-refractivity contribution in [1.82, 2.24) is 4.98 Å². The predicted molar refractivity (Wildman–Crippen MR) is 77.5 cm³/mol. The van der Waals surface area contributed by atoms with E-state index in [1.807, 2.05) is 0 Å². The monoisotopic (exact) mass is 366 g/mol. The maximum Gasteiger partial charge on any atom is 0.507 e. The molecular formula is C15H6F4N4O3. The summed E-state index contributed by atoms with van der Waals surface area (Å²) < 4.78 is 61.0. The zero-order valence-electron chi connectivity index (χ0n) is 12.4. The van der Waals surface area contributed by atoms with Crippen LogP contribution in [0.25, 0.3) is 11.1 Å². The summed E-state index contributed by atoms with van der Waals surface area (Å²) >= 11 is 0. The Labute approximate surface area is 141 Å². The van der Waals surface area contributed by atoms with Crippen LogP contribution < -0.4 is 20.8 Å². The molecule has 11 heteroatoms. The number of nitriles is 2. The van der Waals surface area contributed by atoms with Gasteiger partial charge in [0.1, 0.15) is 29.1 Å². The quantitative estimate of drug-likeness (QED) is 0.746. The average Bonchev–Trinajstić information content (AvgIpc) is 2.54. The molecule has 0 fully saturated rings. The number of benzene rings is 1. The fourth-order valence-electron chi connectivity index (χ4n) is 2.35. The number of nitrogen functional groups attached to an aromatic ring is 1. The number of aromatic amines is 1. The number of ether oxygens (including phenoxy) is 2. The zero-order chi connectivity index (χ0) is 19.3. The van der Waals surface area contributed by atoms with E-state index in [9.17, 15) is 27.6 Å². The van der Waals surface area contributed by atoms with Crippen LogP contribution in [-0.4, -0.2) is 17.2 Å². The van der Waals surface area contributed by atoms with Gasteiger partial charge in [0.05, 0.1) is 0 Å². The van der Waals surface area contributed by atoms with Gasteiger partial charge in [-0.05, 0) is 17.7 Å². The van der Waals surface area contributed by atoms with Crippen molar-refractivity contribution >= 4 is 5.82 Å². The van der Waals surface area contributed by atoms with Gasteiger partial charge in [-0.2, -0.15) is 28.1 Å². The first-order chi connectivity index (χ1) is 12.1. The van der Waals surface area contributed by atoms with Crippen molar-refractivity contribution in [3.63, 3.8) is 0 Å². The fraction of sp³-hybridized carbons (Fsp3) is 0.133. The fourth-order valence-corrected chi connectivity index (χ4v) is 2.35. The third kappa shape index (κ3) is 2.38. The third-order valence-electron chi connectivity index (χ3n) is 3.52. The van der Waals surface area contributed by atoms with Crippen LogP contribution in [0.15, 0.2) is 23.0 Å². The Morgan fingerprint density at radius 2 is 1.58 bits per heavy atom. The van der Waals surface area contributed by atoms with Crippen molar-refractivity contribution in [2.75, 3.05) is 5.73 Å². The molecule has 26 heavy (non-hydrogen) atoms. The third-order valence-corrected chi connectivity index (χ3v) is 3.52. The van der Waals surface area contributed by atoms with Gasteiger partial charge in [-0.1, -0.05) is 6.07 Å². The predicted octanol–water partition coefficient (Wildman–Crippen LogP) is 2.32. The Kier molecular flexibility index (Phi) is 3.55. The molecule has 0 spiro atoms. The molecule has 0 aliphatic carbocycles. The molecular weight excluding hydrogens is 360 g/mol. The SMILES string of the molecule is N#Cc1c(N)[nH]c(=O)c(C#N)c1-c1ccc2c(c1)OC(F)(F)C(F)(F)O2. The number of halogens is 4. The second-order valence-electron chi connectivity index (χ2n) is 5.12. The summed E-state index contributed by atoms with van der Waals surface area (Å²) in [5.74, 6) is -1.79. The van der Waals surface area contributed by atoms with Crippen molar-refractivity contribution in [3.05, 3.63) is 39.7 Å². The van der Waals surface area contributed by atoms with E-state index in [2.05, 4.69) is 14.5 Å². The first-order valence-electron chi connectivity index (χ1n) is 6.75. The number of hydrogen-bond acceptors (Lipinski definition) is 6. The number of nitrogens with zero attached hydrogens (tertiary/aromatic N) is 2. The summed E-state index contributed by atoms with van der Waals surface area (Å²) in [5.41, 5.74) is 3.49. The molecule has 0 unspecified atom stereocenters. The molecule has 0 atom stereocenters. The summed E-state index contributed by atoms with van der Waals surface area (Å²) in [4.78, 5) is 14.0. The molecule has 0 bridgehead atoms. The summed E-state index contributed by atoms with van der Waals surface area (Å²) in [5, 5.41) is 18.4. The van der Waals surface area contributed by atoms with E-state index < -0.39 is 34.8 Å². The molecule has 0 saturated carbocycles. The molecule has 132 valence electrons. The van der Waals surface area contributed by atoms with Crippen molar-refractivity contribution in [2.24, 2.45) is 0 Å². The zero-order valence-corrected chi connectivity index (χ0v) is 12.4. The van der Waals surface area contributed by atoms with Gasteiger partial charge in [-0.25, -0.2) is 0 Å². The lowest BCUT2D eigenvalue weighted by Gasteiger charge is -2.32. The maximum absolute atomic E-state index is 13.3.